The number of carbonyl (C=O) groups excluding carboxylic acids is 3. The Kier molecular flexibility index (Phi) is 5.50. The van der Waals surface area contributed by atoms with Crippen LogP contribution >= 0.6 is 22.9 Å². The lowest BCUT2D eigenvalue weighted by molar-refractivity contribution is -0.136. The van der Waals surface area contributed by atoms with E-state index in [1.165, 1.54) is 17.6 Å². The molecule has 8 heteroatoms. The van der Waals surface area contributed by atoms with Crippen molar-refractivity contribution in [2.24, 2.45) is 0 Å². The van der Waals surface area contributed by atoms with Crippen LogP contribution in [0.5, 0.6) is 0 Å². The van der Waals surface area contributed by atoms with E-state index < -0.39 is 11.8 Å². The third-order valence-corrected chi connectivity index (χ3v) is 4.70. The molecule has 0 spiro atoms. The highest BCUT2D eigenvalue weighted by atomic mass is 35.5. The number of halogens is 1. The second kappa shape index (κ2) is 7.99. The maximum absolute atomic E-state index is 12.2. The van der Waals surface area contributed by atoms with Crippen molar-refractivity contribution in [1.82, 2.24) is 5.32 Å². The Labute approximate surface area is 157 Å². The van der Waals surface area contributed by atoms with Gasteiger partial charge in [-0.2, -0.15) is 0 Å². The number of benzene rings is 1. The zero-order chi connectivity index (χ0) is 18.5. The molecule has 132 valence electrons. The normalized spacial score (nSPS) is 10.3. The average molecular weight is 389 g/mol. The molecule has 2 aromatic heterocycles. The topological polar surface area (TPSA) is 88.4 Å². The molecule has 0 bridgehead atoms. The quantitative estimate of drug-likeness (QED) is 0.517. The van der Waals surface area contributed by atoms with Gasteiger partial charge in [0.2, 0.25) is 5.78 Å². The van der Waals surface area contributed by atoms with Crippen LogP contribution in [0.2, 0.25) is 5.02 Å². The van der Waals surface area contributed by atoms with E-state index in [1.54, 1.807) is 48.5 Å². The van der Waals surface area contributed by atoms with Gasteiger partial charge >= 0.3 is 11.8 Å². The third kappa shape index (κ3) is 4.38. The fraction of sp³-hybridized carbons (Fsp3) is 0.0556. The van der Waals surface area contributed by atoms with Crippen molar-refractivity contribution in [3.8, 4) is 0 Å². The van der Waals surface area contributed by atoms with E-state index >= 15 is 0 Å². The highest BCUT2D eigenvalue weighted by Gasteiger charge is 2.16. The molecule has 2 amide bonds. The third-order valence-electron chi connectivity index (χ3n) is 3.36. The molecule has 26 heavy (non-hydrogen) atoms. The fourth-order valence-corrected chi connectivity index (χ4v) is 3.11. The van der Waals surface area contributed by atoms with Gasteiger partial charge in [-0.15, -0.1) is 11.3 Å². The molecule has 3 rings (SSSR count). The minimum Gasteiger partial charge on any atom is -0.461 e. The minimum atomic E-state index is -0.782. The van der Waals surface area contributed by atoms with E-state index in [2.05, 4.69) is 10.6 Å². The number of furan rings is 1. The Balaban J connectivity index is 1.53. The van der Waals surface area contributed by atoms with Crippen molar-refractivity contribution in [1.29, 1.82) is 0 Å². The van der Waals surface area contributed by atoms with Crippen molar-refractivity contribution in [2.75, 3.05) is 5.32 Å². The first kappa shape index (κ1) is 17.9. The summed E-state index contributed by atoms with van der Waals surface area (Å²) in [4.78, 5) is 37.1. The van der Waals surface area contributed by atoms with Crippen LogP contribution in [0.1, 0.15) is 20.3 Å². The summed E-state index contributed by atoms with van der Waals surface area (Å²) in [7, 11) is 0. The number of ketones is 1. The molecule has 6 nitrogen and oxygen atoms in total. The summed E-state index contributed by atoms with van der Waals surface area (Å²) < 4.78 is 5.08. The monoisotopic (exact) mass is 388 g/mol. The molecule has 2 heterocycles. The number of carbonyl (C=O) groups is 3. The Morgan fingerprint density at radius 2 is 1.77 bits per heavy atom. The lowest BCUT2D eigenvalue weighted by atomic mass is 10.2. The highest BCUT2D eigenvalue weighted by Crippen LogP contribution is 2.20. The molecule has 0 atom stereocenters. The molecule has 0 aliphatic carbocycles. The lowest BCUT2D eigenvalue weighted by Crippen LogP contribution is -2.34. The number of thiophene rings is 1. The largest absolute Gasteiger partial charge is 0.461 e. The molecule has 0 aliphatic heterocycles. The van der Waals surface area contributed by atoms with E-state index in [9.17, 15) is 14.4 Å². The van der Waals surface area contributed by atoms with Gasteiger partial charge in [0.05, 0.1) is 17.7 Å². The maximum Gasteiger partial charge on any atom is 0.313 e. The van der Waals surface area contributed by atoms with Gasteiger partial charge in [-0.1, -0.05) is 11.6 Å². The van der Waals surface area contributed by atoms with E-state index in [0.29, 0.717) is 15.6 Å². The zero-order valence-corrected chi connectivity index (χ0v) is 14.9. The van der Waals surface area contributed by atoms with Crippen LogP contribution in [0.15, 0.2) is 59.2 Å². The molecule has 2 N–H and O–H groups in total. The molecular weight excluding hydrogens is 376 g/mol. The maximum atomic E-state index is 12.2. The van der Waals surface area contributed by atoms with Crippen LogP contribution in [-0.4, -0.2) is 17.6 Å². The molecule has 0 saturated carbocycles. The first-order chi connectivity index (χ1) is 12.5. The van der Waals surface area contributed by atoms with Crippen LogP contribution in [0.4, 0.5) is 5.69 Å². The first-order valence-corrected chi connectivity index (χ1v) is 8.74. The number of hydrogen-bond acceptors (Lipinski definition) is 5. The molecule has 0 radical (unpaired) electrons. The zero-order valence-electron chi connectivity index (χ0n) is 13.3. The number of anilines is 1. The number of amides is 2. The minimum absolute atomic E-state index is 0.142. The van der Waals surface area contributed by atoms with E-state index in [4.69, 9.17) is 16.0 Å². The smallest absolute Gasteiger partial charge is 0.313 e. The molecule has 3 aromatic rings. The van der Waals surface area contributed by atoms with E-state index in [-0.39, 0.29) is 18.1 Å². The van der Waals surface area contributed by atoms with Crippen molar-refractivity contribution >= 4 is 46.2 Å². The van der Waals surface area contributed by atoms with E-state index in [0.717, 1.165) is 4.88 Å². The summed E-state index contributed by atoms with van der Waals surface area (Å²) in [5.74, 6) is -1.52. The molecule has 1 aromatic carbocycles. The van der Waals surface area contributed by atoms with Crippen molar-refractivity contribution in [3.05, 3.63) is 75.3 Å². The summed E-state index contributed by atoms with van der Waals surface area (Å²) >= 11 is 6.99. The van der Waals surface area contributed by atoms with Gasteiger partial charge in [-0.25, -0.2) is 0 Å². The molecule has 0 aliphatic rings. The molecule has 0 unspecified atom stereocenters. The average Bonchev–Trinajstić information content (AvgIpc) is 3.33. The predicted molar refractivity (Wildman–Crippen MR) is 98.4 cm³/mol. The van der Waals surface area contributed by atoms with Crippen molar-refractivity contribution < 1.29 is 18.8 Å². The Bertz CT molecular complexity index is 933. The molecule has 0 saturated heterocycles. The SMILES string of the molecule is O=C(NCc1ccc(C(=O)c2ccco2)s1)C(=O)Nc1ccc(Cl)cc1. The molecule has 0 fully saturated rings. The predicted octanol–water partition coefficient (Wildman–Crippen LogP) is 3.48. The highest BCUT2D eigenvalue weighted by molar-refractivity contribution is 7.14. The van der Waals surface area contributed by atoms with Gasteiger partial charge in [0.15, 0.2) is 5.76 Å². The number of nitrogens with one attached hydrogen (secondary N) is 2. The van der Waals surface area contributed by atoms with Gasteiger partial charge in [0.25, 0.3) is 0 Å². The van der Waals surface area contributed by atoms with Crippen LogP contribution < -0.4 is 10.6 Å². The lowest BCUT2D eigenvalue weighted by Gasteiger charge is -2.05. The van der Waals surface area contributed by atoms with Gasteiger partial charge < -0.3 is 15.1 Å². The summed E-state index contributed by atoms with van der Waals surface area (Å²) in [6, 6.07) is 13.0. The van der Waals surface area contributed by atoms with E-state index in [1.807, 2.05) is 0 Å². The van der Waals surface area contributed by atoms with Crippen LogP contribution in [0, 0.1) is 0 Å². The summed E-state index contributed by atoms with van der Waals surface area (Å²) in [6.45, 7) is 0.142. The van der Waals surface area contributed by atoms with Crippen molar-refractivity contribution in [2.45, 2.75) is 6.54 Å². The van der Waals surface area contributed by atoms with Crippen LogP contribution in [0.25, 0.3) is 0 Å². The van der Waals surface area contributed by atoms with Gasteiger partial charge in [0.1, 0.15) is 0 Å². The number of rotatable bonds is 5. The number of hydrogen-bond donors (Lipinski definition) is 2. The van der Waals surface area contributed by atoms with Crippen LogP contribution in [0.3, 0.4) is 0 Å². The Morgan fingerprint density at radius 3 is 2.46 bits per heavy atom. The second-order valence-electron chi connectivity index (χ2n) is 5.22. The fourth-order valence-electron chi connectivity index (χ4n) is 2.09. The molecular formula is C18H13ClN2O4S. The Morgan fingerprint density at radius 1 is 1.00 bits per heavy atom. The van der Waals surface area contributed by atoms with Crippen molar-refractivity contribution in [3.63, 3.8) is 0 Å². The second-order valence-corrected chi connectivity index (χ2v) is 6.82. The van der Waals surface area contributed by atoms with Gasteiger partial charge in [-0.05, 0) is 48.5 Å². The summed E-state index contributed by atoms with van der Waals surface area (Å²) in [5, 5.41) is 5.52. The summed E-state index contributed by atoms with van der Waals surface area (Å²) in [6.07, 6.45) is 1.43. The van der Waals surface area contributed by atoms with Gasteiger partial charge in [-0.3, -0.25) is 14.4 Å². The Hall–Kier alpha value is -2.90. The van der Waals surface area contributed by atoms with Gasteiger partial charge in [0, 0.05) is 15.6 Å². The first-order valence-electron chi connectivity index (χ1n) is 7.54. The standard InChI is InChI=1S/C18H13ClN2O4S/c19-11-3-5-12(6-4-11)21-18(24)17(23)20-10-13-7-8-15(26-13)16(22)14-2-1-9-25-14/h1-9H,10H2,(H,20,23)(H,21,24). The summed E-state index contributed by atoms with van der Waals surface area (Å²) in [5.41, 5.74) is 0.469. The van der Waals surface area contributed by atoms with Crippen LogP contribution in [-0.2, 0) is 16.1 Å².